The molecule has 0 saturated carbocycles. The molecule has 0 bridgehead atoms. The van der Waals surface area contributed by atoms with Crippen LogP contribution >= 0.6 is 38.3 Å². The number of hydrogen-bond donors (Lipinski definition) is 0. The van der Waals surface area contributed by atoms with Gasteiger partial charge in [0.25, 0.3) is 0 Å². The summed E-state index contributed by atoms with van der Waals surface area (Å²) in [6.07, 6.45) is 0. The Morgan fingerprint density at radius 3 is 1.59 bits per heavy atom. The van der Waals surface area contributed by atoms with Crippen molar-refractivity contribution in [3.8, 4) is 0 Å². The average Bonchev–Trinajstić information content (AvgIpc) is 2.31. The van der Waals surface area contributed by atoms with Crippen LogP contribution in [0.5, 0.6) is 0 Å². The Hall–Kier alpha value is 0.598. The Morgan fingerprint density at radius 2 is 1.12 bits per heavy atom. The predicted octanol–water partition coefficient (Wildman–Crippen LogP) is 5.26. The van der Waals surface area contributed by atoms with Crippen LogP contribution in [0.15, 0.2) is 68.1 Å². The van der Waals surface area contributed by atoms with Crippen molar-refractivity contribution < 1.29 is 0 Å². The number of hydrogen-bond acceptors (Lipinski definition) is 3. The monoisotopic (exact) mass is 404 g/mol. The Kier molecular flexibility index (Phi) is 4.24. The first kappa shape index (κ1) is 12.6. The molecule has 0 radical (unpaired) electrons. The van der Waals surface area contributed by atoms with Crippen LogP contribution in [-0.2, 0) is 0 Å². The van der Waals surface area contributed by atoms with Crippen LogP contribution < -0.4 is 0 Å². The van der Waals surface area contributed by atoms with E-state index in [1.54, 1.807) is 0 Å². The maximum absolute atomic E-state index is 6.55. The zero-order chi connectivity index (χ0) is 11.7. The normalized spacial score (nSPS) is 15.6. The van der Waals surface area contributed by atoms with Crippen LogP contribution in [-0.4, -0.2) is 16.3 Å². The Morgan fingerprint density at radius 1 is 0.706 bits per heavy atom. The van der Waals surface area contributed by atoms with E-state index in [0.29, 0.717) is 0 Å². The van der Waals surface area contributed by atoms with E-state index in [1.165, 1.54) is 19.6 Å². The molecule has 17 heavy (non-hydrogen) atoms. The van der Waals surface area contributed by atoms with E-state index >= 15 is 0 Å². The van der Waals surface area contributed by atoms with Gasteiger partial charge in [-0.1, -0.05) is 0 Å². The Balaban J connectivity index is 2.09. The topological polar surface area (TPSA) is 0 Å². The average molecular weight is 406 g/mol. The van der Waals surface area contributed by atoms with E-state index in [2.05, 4.69) is 48.5 Å². The van der Waals surface area contributed by atoms with Crippen LogP contribution in [0.3, 0.4) is 0 Å². The maximum atomic E-state index is 6.55. The zero-order valence-electron chi connectivity index (χ0n) is 8.67. The van der Waals surface area contributed by atoms with E-state index in [0.717, 1.165) is 0 Å². The quantitative estimate of drug-likeness (QED) is 0.549. The van der Waals surface area contributed by atoms with E-state index in [4.69, 9.17) is 8.83 Å². The summed E-state index contributed by atoms with van der Waals surface area (Å²) in [5.74, 6) is 0. The molecule has 0 saturated heterocycles. The predicted molar refractivity (Wildman–Crippen MR) is 80.3 cm³/mol. The summed E-state index contributed by atoms with van der Waals surface area (Å²) in [5.41, 5.74) is 0. The van der Waals surface area contributed by atoms with Gasteiger partial charge in [-0.05, 0) is 0 Å². The third kappa shape index (κ3) is 2.95. The second kappa shape index (κ2) is 5.71. The number of rotatable bonds is 0. The second-order valence-electron chi connectivity index (χ2n) is 3.39. The van der Waals surface area contributed by atoms with E-state index in [1.807, 2.05) is 29.5 Å². The molecule has 0 aliphatic carbocycles. The summed E-state index contributed by atoms with van der Waals surface area (Å²) < 4.78 is 0. The fraction of sp³-hybridized carbons (Fsp3) is 0. The summed E-state index contributed by atoms with van der Waals surface area (Å²) >= 11 is 0.0568. The molecule has 0 aromatic heterocycles. The summed E-state index contributed by atoms with van der Waals surface area (Å²) in [7, 11) is 10.4. The van der Waals surface area contributed by atoms with Crippen molar-refractivity contribution in [2.24, 2.45) is 0 Å². The molecule has 2 aromatic rings. The second-order valence-corrected chi connectivity index (χ2v) is 21.5. The van der Waals surface area contributed by atoms with Crippen molar-refractivity contribution >= 4 is 54.6 Å². The van der Waals surface area contributed by atoms with Crippen molar-refractivity contribution in [1.82, 2.24) is 0 Å². The van der Waals surface area contributed by atoms with Crippen molar-refractivity contribution in [2.45, 2.75) is 19.6 Å². The molecule has 0 spiro atoms. The van der Waals surface area contributed by atoms with Gasteiger partial charge in [0, 0.05) is 0 Å². The zero-order valence-corrected chi connectivity index (χ0v) is 14.4. The fourth-order valence-corrected chi connectivity index (χ4v) is 17.6. The fourth-order valence-electron chi connectivity index (χ4n) is 1.51. The summed E-state index contributed by atoms with van der Waals surface area (Å²) in [6.45, 7) is 0. The summed E-state index contributed by atoms with van der Waals surface area (Å²) in [4.78, 5) is 5.36. The van der Waals surface area contributed by atoms with Crippen molar-refractivity contribution in [3.05, 3.63) is 48.5 Å². The molecule has 0 nitrogen and oxygen atoms in total. The van der Waals surface area contributed by atoms with Crippen molar-refractivity contribution in [1.29, 1.82) is 0 Å². The van der Waals surface area contributed by atoms with Crippen LogP contribution in [0.2, 0.25) is 0 Å². The number of halogens is 1. The summed E-state index contributed by atoms with van der Waals surface area (Å²) in [5, 5.41) is 0. The molecule has 5 heteroatoms. The minimum atomic E-state index is -1.79. The van der Waals surface area contributed by atoms with Crippen LogP contribution in [0.1, 0.15) is 0 Å². The van der Waals surface area contributed by atoms with Gasteiger partial charge in [0.1, 0.15) is 0 Å². The van der Waals surface area contributed by atoms with Crippen LogP contribution in [0, 0.1) is 0 Å². The molecular formula is C12H8ClS3Sb. The van der Waals surface area contributed by atoms with Gasteiger partial charge in [0.15, 0.2) is 0 Å². The first-order valence-corrected chi connectivity index (χ1v) is 16.9. The molecule has 0 unspecified atom stereocenters. The standard InChI is InChI=1S/C12H10S3.ClH.Sb/c13-9-5-1-3-7-11(9)15-12-8-4-2-6-10(12)14;;/h1-8,13-14H;1H;/q;;+3/p-3. The molecule has 1 aliphatic rings. The van der Waals surface area contributed by atoms with Gasteiger partial charge < -0.3 is 0 Å². The van der Waals surface area contributed by atoms with E-state index < -0.39 is 16.3 Å². The van der Waals surface area contributed by atoms with Gasteiger partial charge >= 0.3 is 123 Å². The van der Waals surface area contributed by atoms with Gasteiger partial charge in [-0.25, -0.2) is 0 Å². The first-order valence-electron chi connectivity index (χ1n) is 5.01. The van der Waals surface area contributed by atoms with Gasteiger partial charge in [-0.2, -0.15) is 0 Å². The molecular weight excluding hydrogens is 398 g/mol. The molecule has 0 amide bonds. The molecule has 0 N–H and O–H groups in total. The van der Waals surface area contributed by atoms with Gasteiger partial charge in [-0.15, -0.1) is 0 Å². The van der Waals surface area contributed by atoms with Crippen molar-refractivity contribution in [3.63, 3.8) is 0 Å². The first-order chi connectivity index (χ1) is 8.33. The Labute approximate surface area is 121 Å². The Bertz CT molecular complexity index is 499. The number of benzene rings is 2. The van der Waals surface area contributed by atoms with Crippen molar-refractivity contribution in [2.75, 3.05) is 0 Å². The van der Waals surface area contributed by atoms with Gasteiger partial charge in [-0.3, -0.25) is 0 Å². The molecule has 0 atom stereocenters. The van der Waals surface area contributed by atoms with E-state index in [-0.39, 0.29) is 0 Å². The van der Waals surface area contributed by atoms with Crippen LogP contribution in [0.4, 0.5) is 0 Å². The molecule has 86 valence electrons. The minimum absolute atomic E-state index is 1.33. The third-order valence-corrected chi connectivity index (χ3v) is 16.7. The van der Waals surface area contributed by atoms with E-state index in [9.17, 15) is 0 Å². The SMILES string of the molecule is [Cl][Sb]1[S]c2ccccc2Sc2ccccc2[S]1. The molecule has 2 aromatic carbocycles. The summed E-state index contributed by atoms with van der Waals surface area (Å²) in [6, 6.07) is 17.1. The molecule has 0 fully saturated rings. The number of fused-ring (bicyclic) bond motifs is 2. The van der Waals surface area contributed by atoms with Gasteiger partial charge in [0.05, 0.1) is 0 Å². The van der Waals surface area contributed by atoms with Gasteiger partial charge in [0.2, 0.25) is 0 Å². The van der Waals surface area contributed by atoms with Crippen LogP contribution in [0.25, 0.3) is 0 Å². The molecule has 1 aliphatic heterocycles. The molecule has 3 rings (SSSR count). The third-order valence-electron chi connectivity index (χ3n) is 2.26. The molecule has 1 heterocycles.